The van der Waals surface area contributed by atoms with Crippen LogP contribution in [0.5, 0.6) is 0 Å². The van der Waals surface area contributed by atoms with Gasteiger partial charge in [-0.05, 0) is 224 Å². The topological polar surface area (TPSA) is 113 Å². The summed E-state index contributed by atoms with van der Waals surface area (Å²) in [6.45, 7) is 38.1. The van der Waals surface area contributed by atoms with E-state index in [0.717, 1.165) is 83.5 Å². The fourth-order valence-electron chi connectivity index (χ4n) is 20.0. The number of ketones is 1. The van der Waals surface area contributed by atoms with E-state index in [1.165, 1.54) is 12.0 Å². The van der Waals surface area contributed by atoms with Crippen molar-refractivity contribution in [2.45, 2.75) is 255 Å². The number of aliphatic hydroxyl groups excluding tert-OH is 1. The van der Waals surface area contributed by atoms with Crippen LogP contribution in [0, 0.1) is 85.2 Å². The Labute approximate surface area is 408 Å². The Kier molecular flexibility index (Phi) is 13.0. The molecule has 7 fully saturated rings. The van der Waals surface area contributed by atoms with Gasteiger partial charge in [0, 0.05) is 18.3 Å². The number of ether oxygens (including phenoxy) is 2. The third kappa shape index (κ3) is 7.81. The zero-order chi connectivity index (χ0) is 49.5. The molecule has 7 nitrogen and oxygen atoms in total. The van der Waals surface area contributed by atoms with Crippen LogP contribution in [0.1, 0.15) is 219 Å². The molecule has 18 atom stereocenters. The maximum Gasteiger partial charge on any atom is 0.306 e. The molecule has 0 spiro atoms. The van der Waals surface area contributed by atoms with Crippen molar-refractivity contribution in [1.29, 1.82) is 0 Å². The van der Waals surface area contributed by atoms with Gasteiger partial charge in [0.25, 0.3) is 0 Å². The predicted octanol–water partition coefficient (Wildman–Crippen LogP) is 13.2. The number of carbonyl (C=O) groups excluding carboxylic acids is 2. The summed E-state index contributed by atoms with van der Waals surface area (Å²) in [4.78, 5) is 27.5. The molecule has 8 rings (SSSR count). The molecule has 67 heavy (non-hydrogen) atoms. The highest BCUT2D eigenvalue weighted by Gasteiger charge is 2.69. The van der Waals surface area contributed by atoms with Gasteiger partial charge in [-0.2, -0.15) is 0 Å². The summed E-state index contributed by atoms with van der Waals surface area (Å²) < 4.78 is 13.2. The normalized spacial score (nSPS) is 47.4. The quantitative estimate of drug-likeness (QED) is 0.132. The van der Waals surface area contributed by atoms with Crippen molar-refractivity contribution in [3.8, 4) is 0 Å². The molecule has 1 aliphatic heterocycles. The summed E-state index contributed by atoms with van der Waals surface area (Å²) in [6, 6.07) is 0. The van der Waals surface area contributed by atoms with Crippen LogP contribution in [0.3, 0.4) is 0 Å². The lowest BCUT2D eigenvalue weighted by molar-refractivity contribution is -0.191. The fraction of sp³-hybridized carbons (Fsp3) is 0.900. The molecule has 6 saturated carbocycles. The third-order valence-electron chi connectivity index (χ3n) is 24.3. The monoisotopic (exact) mass is 931 g/mol. The Bertz CT molecular complexity index is 1970. The third-order valence-corrected chi connectivity index (χ3v) is 24.3. The Morgan fingerprint density at radius 2 is 1.48 bits per heavy atom. The molecule has 8 aliphatic rings. The summed E-state index contributed by atoms with van der Waals surface area (Å²) in [5.41, 5.74) is 0.441. The van der Waals surface area contributed by atoms with Crippen molar-refractivity contribution in [2.24, 2.45) is 85.2 Å². The molecule has 0 bridgehead atoms. The highest BCUT2D eigenvalue weighted by Crippen LogP contribution is 2.76. The molecule has 1 heterocycles. The number of hydrogen-bond donors (Lipinski definition) is 3. The van der Waals surface area contributed by atoms with E-state index < -0.39 is 23.4 Å². The lowest BCUT2D eigenvalue weighted by Gasteiger charge is -2.66. The molecule has 0 radical (unpaired) electrons. The van der Waals surface area contributed by atoms with E-state index in [1.807, 2.05) is 13.8 Å². The van der Waals surface area contributed by atoms with Crippen LogP contribution in [-0.4, -0.2) is 62.2 Å². The van der Waals surface area contributed by atoms with Crippen molar-refractivity contribution >= 4 is 11.8 Å². The van der Waals surface area contributed by atoms with Crippen LogP contribution in [0.25, 0.3) is 0 Å². The van der Waals surface area contributed by atoms with E-state index in [2.05, 4.69) is 88.8 Å². The van der Waals surface area contributed by atoms with Gasteiger partial charge in [0.2, 0.25) is 0 Å². The van der Waals surface area contributed by atoms with Crippen molar-refractivity contribution in [2.75, 3.05) is 0 Å². The van der Waals surface area contributed by atoms with E-state index in [1.54, 1.807) is 19.4 Å². The summed E-state index contributed by atoms with van der Waals surface area (Å²) in [5, 5.41) is 34.7. The maximum absolute atomic E-state index is 14.3. The van der Waals surface area contributed by atoms with E-state index in [4.69, 9.17) is 9.47 Å². The lowest BCUT2D eigenvalue weighted by atomic mass is 9.38. The first-order chi connectivity index (χ1) is 30.7. The number of rotatable bonds is 12. The summed E-state index contributed by atoms with van der Waals surface area (Å²) in [5.74, 6) is 3.31. The molecule has 0 aromatic rings. The van der Waals surface area contributed by atoms with Gasteiger partial charge in [0.05, 0.1) is 29.0 Å². The van der Waals surface area contributed by atoms with Crippen LogP contribution in [-0.2, 0) is 19.1 Å². The second kappa shape index (κ2) is 16.8. The molecular weight excluding hydrogens is 833 g/mol. The molecular formula is C60H98O7. The van der Waals surface area contributed by atoms with Crippen LogP contribution >= 0.6 is 0 Å². The highest BCUT2D eigenvalue weighted by molar-refractivity contribution is 5.85. The first-order valence-electron chi connectivity index (χ1n) is 27.6. The van der Waals surface area contributed by atoms with Gasteiger partial charge >= 0.3 is 5.97 Å². The summed E-state index contributed by atoms with van der Waals surface area (Å²) >= 11 is 0. The van der Waals surface area contributed by atoms with Gasteiger partial charge in [-0.15, -0.1) is 0 Å². The van der Waals surface area contributed by atoms with Gasteiger partial charge in [-0.3, -0.25) is 9.59 Å². The smallest absolute Gasteiger partial charge is 0.306 e. The van der Waals surface area contributed by atoms with E-state index in [-0.39, 0.29) is 67.9 Å². The molecule has 7 aliphatic carbocycles. The summed E-state index contributed by atoms with van der Waals surface area (Å²) in [6.07, 6.45) is 17.7. The average Bonchev–Trinajstić information content (AvgIpc) is 3.89. The van der Waals surface area contributed by atoms with Gasteiger partial charge < -0.3 is 24.8 Å². The lowest BCUT2D eigenvalue weighted by Crippen LogP contribution is -2.60. The largest absolute Gasteiger partial charge is 0.457 e. The average molecular weight is 931 g/mol. The number of allylic oxidation sites excluding steroid dienone is 3. The zero-order valence-corrected chi connectivity index (χ0v) is 45.3. The van der Waals surface area contributed by atoms with Crippen molar-refractivity contribution in [1.82, 2.24) is 0 Å². The molecule has 7 heteroatoms. The number of carbonyl (C=O) groups is 2. The van der Waals surface area contributed by atoms with E-state index >= 15 is 0 Å². The second-order valence-electron chi connectivity index (χ2n) is 28.7. The summed E-state index contributed by atoms with van der Waals surface area (Å²) in [7, 11) is 0. The zero-order valence-electron chi connectivity index (χ0n) is 45.3. The van der Waals surface area contributed by atoms with E-state index in [9.17, 15) is 24.9 Å². The Hall–Kier alpha value is -1.54. The first-order valence-corrected chi connectivity index (χ1v) is 27.6. The minimum absolute atomic E-state index is 0.0640. The minimum atomic E-state index is -1.42. The van der Waals surface area contributed by atoms with Crippen molar-refractivity contribution in [3.63, 3.8) is 0 Å². The van der Waals surface area contributed by atoms with Gasteiger partial charge in [-0.25, -0.2) is 0 Å². The second-order valence-corrected chi connectivity index (χ2v) is 28.7. The fourth-order valence-corrected chi connectivity index (χ4v) is 20.0. The number of aliphatic hydroxyl groups is 3. The molecule has 0 unspecified atom stereocenters. The standard InChI is InChI=1S/C60H98O7/c1-36(2)38-21-33-59(15)46(20-18-42-43(24-32-58(42,59)14)60(16)34-26-48(67-60)52(6,7)64)54(38,10)29-27-49(63)66-50(53(8,9)65)44(61)35-37(3)39-22-30-57(13)41-17-19-45-51(4,5)47(62)25-28-55(45,11)40(41)23-31-56(39,57)12/h17,37-40,42-46,48,50,61,64-65H,1,18-35H2,2-16H3/t37-,38-,39-,40-,42+,43-,44+,45-,46+,48+,50-,54-,55+,56-,57+,58+,59+,60-/m0/s1. The molecule has 380 valence electrons. The molecule has 0 aromatic heterocycles. The SMILES string of the molecule is C=C(C)[C@@H]1CC[C@]2(C)[C@H](CC[C@@H]3[C@@H]([C@]4(C)CC[C@H](C(C)(C)O)O4)CC[C@]32C)[C@@]1(C)CCC(=O)O[C@@H]([C@H](O)C[C@H](C)[C@@H]1CC[C@]2(C)C3=CC[C@H]4C(C)(C)C(=O)CC[C@]4(C)[C@H]3CC[C@@]12C)C(C)(C)O. The number of fused-ring (bicyclic) bond motifs is 8. The van der Waals surface area contributed by atoms with Gasteiger partial charge in [0.1, 0.15) is 5.78 Å². The minimum Gasteiger partial charge on any atom is -0.457 e. The molecule has 0 aromatic carbocycles. The molecule has 3 N–H and O–H groups in total. The number of Topliss-reactive ketones (excluding diaryl/α,β-unsaturated/α-hetero) is 1. The number of esters is 1. The Morgan fingerprint density at radius 1 is 0.821 bits per heavy atom. The maximum atomic E-state index is 14.3. The van der Waals surface area contributed by atoms with Gasteiger partial charge in [0.15, 0.2) is 6.10 Å². The predicted molar refractivity (Wildman–Crippen MR) is 269 cm³/mol. The molecule has 0 amide bonds. The van der Waals surface area contributed by atoms with Crippen molar-refractivity contribution in [3.05, 3.63) is 23.8 Å². The number of hydrogen-bond acceptors (Lipinski definition) is 7. The van der Waals surface area contributed by atoms with Crippen LogP contribution in [0.2, 0.25) is 0 Å². The Morgan fingerprint density at radius 3 is 2.10 bits per heavy atom. The van der Waals surface area contributed by atoms with Gasteiger partial charge in [-0.1, -0.05) is 86.1 Å². The van der Waals surface area contributed by atoms with E-state index in [0.29, 0.717) is 66.5 Å². The van der Waals surface area contributed by atoms with Crippen molar-refractivity contribution < 1.29 is 34.4 Å². The van der Waals surface area contributed by atoms with Crippen LogP contribution in [0.4, 0.5) is 0 Å². The van der Waals surface area contributed by atoms with Crippen LogP contribution in [0.15, 0.2) is 23.8 Å². The first kappa shape index (κ1) is 51.8. The van der Waals surface area contributed by atoms with Crippen LogP contribution < -0.4 is 0 Å². The Balaban J connectivity index is 0.945. The molecule has 1 saturated heterocycles. The highest BCUT2D eigenvalue weighted by atomic mass is 16.6.